The van der Waals surface area contributed by atoms with Gasteiger partial charge in [-0.25, -0.2) is 26.6 Å². The Morgan fingerprint density at radius 3 is 2.20 bits per heavy atom. The van der Waals surface area contributed by atoms with Gasteiger partial charge >= 0.3 is 5.97 Å². The third-order valence-electron chi connectivity index (χ3n) is 12.9. The molecular formula is C49H69N7O7S2+2. The number of aliphatic carboxylic acids is 1. The minimum atomic E-state index is -4.69. The van der Waals surface area contributed by atoms with E-state index in [1.807, 2.05) is 19.9 Å². The second-order valence-corrected chi connectivity index (χ2v) is 24.3. The van der Waals surface area contributed by atoms with Crippen LogP contribution in [0.3, 0.4) is 0 Å². The van der Waals surface area contributed by atoms with E-state index >= 15 is 0 Å². The van der Waals surface area contributed by atoms with Gasteiger partial charge in [0.05, 0.1) is 83.3 Å². The summed E-state index contributed by atoms with van der Waals surface area (Å²) in [5, 5.41) is 14.1. The molecule has 3 heterocycles. The molecule has 3 aromatic rings. The van der Waals surface area contributed by atoms with E-state index < -0.39 is 42.8 Å². The first kappa shape index (κ1) is 49.6. The maximum Gasteiger partial charge on any atom is 0.326 e. The number of carbonyl (C=O) groups is 1. The van der Waals surface area contributed by atoms with Crippen LogP contribution in [0.25, 0.3) is 0 Å². The van der Waals surface area contributed by atoms with Crippen LogP contribution in [0.1, 0.15) is 76.6 Å². The smallest absolute Gasteiger partial charge is 0.326 e. The van der Waals surface area contributed by atoms with E-state index in [4.69, 9.17) is 0 Å². The third-order valence-corrected chi connectivity index (χ3v) is 14.8. The summed E-state index contributed by atoms with van der Waals surface area (Å²) in [6.45, 7) is 11.6. The molecule has 1 unspecified atom stereocenters. The highest BCUT2D eigenvalue weighted by Crippen LogP contribution is 2.49. The number of carboxylic acid groups (broad SMARTS) is 1. The molecule has 16 heteroatoms. The zero-order chi connectivity index (χ0) is 47.9. The summed E-state index contributed by atoms with van der Waals surface area (Å²) in [6.07, 6.45) is 16.8. The molecule has 6 rings (SSSR count). The number of hydrogen-bond acceptors (Lipinski definition) is 9. The number of allylic oxidation sites excluding steroid dienone is 7. The Labute approximate surface area is 386 Å². The number of fused-ring (bicyclic) bond motifs is 2. The fourth-order valence-corrected chi connectivity index (χ4v) is 10.5. The van der Waals surface area contributed by atoms with Gasteiger partial charge in [-0.2, -0.15) is 4.58 Å². The van der Waals surface area contributed by atoms with Crippen LogP contribution in [-0.2, 0) is 42.0 Å². The predicted molar refractivity (Wildman–Crippen MR) is 255 cm³/mol. The SMILES string of the molecule is CC1(C)C(=CC=C2CCCC(C=CC3=[N+](CCC[N+](C)(C)C)c4ccc(S(C)(=O)=O)cc4C3(C)C)=C2NC(Cc2cnc[nH]2)C(=O)O)N(CCC[N+](C)(C)C)c2ccc(S(=O)(=O)[O-])cc21. The van der Waals surface area contributed by atoms with Crippen LogP contribution in [0, 0.1) is 0 Å². The monoisotopic (exact) mass is 931 g/mol. The van der Waals surface area contributed by atoms with Crippen molar-refractivity contribution < 1.29 is 44.8 Å². The Balaban J connectivity index is 1.50. The average Bonchev–Trinajstić information content (AvgIpc) is 3.83. The fourth-order valence-electron chi connectivity index (χ4n) is 9.38. The van der Waals surface area contributed by atoms with Gasteiger partial charge in [0, 0.05) is 77.7 Å². The quantitative estimate of drug-likeness (QED) is 0.0760. The number of aromatic nitrogens is 2. The average molecular weight is 932 g/mol. The van der Waals surface area contributed by atoms with Crippen LogP contribution in [0.4, 0.5) is 11.4 Å². The van der Waals surface area contributed by atoms with Crippen LogP contribution in [0.5, 0.6) is 0 Å². The number of H-pyrrole nitrogens is 1. The molecule has 0 amide bonds. The molecular weight excluding hydrogens is 863 g/mol. The van der Waals surface area contributed by atoms with Gasteiger partial charge in [0.25, 0.3) is 0 Å². The molecule has 3 aliphatic rings. The second kappa shape index (κ2) is 18.4. The van der Waals surface area contributed by atoms with Crippen molar-refractivity contribution in [3.05, 3.63) is 113 Å². The second-order valence-electron chi connectivity index (χ2n) is 20.9. The normalized spacial score (nSPS) is 19.4. The molecule has 0 bridgehead atoms. The highest BCUT2D eigenvalue weighted by Gasteiger charge is 2.45. The van der Waals surface area contributed by atoms with Gasteiger partial charge in [0.2, 0.25) is 5.69 Å². The molecule has 2 aliphatic heterocycles. The van der Waals surface area contributed by atoms with Crippen molar-refractivity contribution in [1.29, 1.82) is 0 Å². The van der Waals surface area contributed by atoms with E-state index in [1.54, 1.807) is 24.4 Å². The Kier molecular flexibility index (Phi) is 14.1. The molecule has 352 valence electrons. The number of quaternary nitrogens is 2. The Bertz CT molecular complexity index is 2700. The molecule has 0 radical (unpaired) electrons. The topological polar surface area (TPSA) is 176 Å². The number of imidazole rings is 1. The van der Waals surface area contributed by atoms with Crippen molar-refractivity contribution in [2.45, 2.75) is 92.9 Å². The van der Waals surface area contributed by atoms with Crippen molar-refractivity contribution in [2.24, 2.45) is 0 Å². The summed E-state index contributed by atoms with van der Waals surface area (Å²) >= 11 is 0. The molecule has 0 spiro atoms. The third kappa shape index (κ3) is 11.4. The number of carboxylic acids is 1. The summed E-state index contributed by atoms with van der Waals surface area (Å²) in [7, 11) is 4.79. The lowest BCUT2D eigenvalue weighted by molar-refractivity contribution is -0.871. The number of anilines is 1. The molecule has 65 heavy (non-hydrogen) atoms. The predicted octanol–water partition coefficient (Wildman–Crippen LogP) is 6.17. The summed E-state index contributed by atoms with van der Waals surface area (Å²) in [5.41, 5.74) is 7.53. The van der Waals surface area contributed by atoms with Crippen molar-refractivity contribution in [1.82, 2.24) is 15.3 Å². The van der Waals surface area contributed by atoms with Gasteiger partial charge in [-0.15, -0.1) is 0 Å². The molecule has 1 aromatic heterocycles. The molecule has 1 aliphatic carbocycles. The summed E-state index contributed by atoms with van der Waals surface area (Å²) in [4.78, 5) is 22.4. The highest BCUT2D eigenvalue weighted by molar-refractivity contribution is 7.90. The lowest BCUT2D eigenvalue weighted by atomic mass is 9.81. The van der Waals surface area contributed by atoms with E-state index in [9.17, 15) is 31.3 Å². The number of sulfone groups is 1. The lowest BCUT2D eigenvalue weighted by Crippen LogP contribution is -2.39. The van der Waals surface area contributed by atoms with Crippen LogP contribution >= 0.6 is 0 Å². The summed E-state index contributed by atoms with van der Waals surface area (Å²) in [5.74, 6) is -1.01. The van der Waals surface area contributed by atoms with E-state index in [1.165, 1.54) is 24.7 Å². The largest absolute Gasteiger partial charge is 0.744 e. The van der Waals surface area contributed by atoms with Crippen molar-refractivity contribution in [2.75, 3.05) is 79.6 Å². The molecule has 1 atom stereocenters. The maximum atomic E-state index is 13.0. The van der Waals surface area contributed by atoms with Gasteiger partial charge in [0.1, 0.15) is 16.2 Å². The molecule has 0 saturated carbocycles. The van der Waals surface area contributed by atoms with Gasteiger partial charge < -0.3 is 33.8 Å². The Hall–Kier alpha value is -4.87. The number of nitrogens with one attached hydrogen (secondary N) is 2. The highest BCUT2D eigenvalue weighted by atomic mass is 32.2. The van der Waals surface area contributed by atoms with Crippen molar-refractivity contribution in [3.8, 4) is 0 Å². The molecule has 0 fully saturated rings. The Morgan fingerprint density at radius 1 is 0.923 bits per heavy atom. The van der Waals surface area contributed by atoms with Crippen LogP contribution in [0.2, 0.25) is 0 Å². The minimum absolute atomic E-state index is 0.167. The first-order valence-corrected chi connectivity index (χ1v) is 25.7. The number of aromatic amines is 1. The zero-order valence-corrected chi connectivity index (χ0v) is 41.7. The van der Waals surface area contributed by atoms with Crippen LogP contribution in [0.15, 0.2) is 106 Å². The van der Waals surface area contributed by atoms with E-state index in [0.717, 1.165) is 98.6 Å². The first-order valence-electron chi connectivity index (χ1n) is 22.4. The van der Waals surface area contributed by atoms with Crippen LogP contribution in [-0.4, -0.2) is 142 Å². The van der Waals surface area contributed by atoms with Crippen LogP contribution < -0.4 is 10.2 Å². The number of benzene rings is 2. The van der Waals surface area contributed by atoms with Gasteiger partial charge in [0.15, 0.2) is 22.1 Å². The summed E-state index contributed by atoms with van der Waals surface area (Å²) < 4.78 is 66.1. The first-order chi connectivity index (χ1) is 30.1. The minimum Gasteiger partial charge on any atom is -0.744 e. The number of nitrogens with zero attached hydrogens (tertiary/aromatic N) is 5. The summed E-state index contributed by atoms with van der Waals surface area (Å²) in [6, 6.07) is 9.06. The zero-order valence-electron chi connectivity index (χ0n) is 40.0. The van der Waals surface area contributed by atoms with Crippen molar-refractivity contribution in [3.63, 3.8) is 0 Å². The lowest BCUT2D eigenvalue weighted by Gasteiger charge is -2.30. The van der Waals surface area contributed by atoms with Gasteiger partial charge in [-0.3, -0.25) is 0 Å². The molecule has 3 N–H and O–H groups in total. The Morgan fingerprint density at radius 2 is 1.58 bits per heavy atom. The van der Waals surface area contributed by atoms with E-state index in [0.29, 0.717) is 25.1 Å². The van der Waals surface area contributed by atoms with Gasteiger partial charge in [-0.1, -0.05) is 26.0 Å². The number of hydrogen-bond donors (Lipinski definition) is 3. The van der Waals surface area contributed by atoms with E-state index in [2.05, 4.69) is 105 Å². The molecule has 0 saturated heterocycles. The fraction of sp³-hybridized carbons (Fsp3) is 0.490. The van der Waals surface area contributed by atoms with Crippen molar-refractivity contribution >= 4 is 43.0 Å². The van der Waals surface area contributed by atoms with E-state index in [-0.39, 0.29) is 16.2 Å². The number of rotatable bonds is 18. The molecule has 2 aromatic carbocycles. The standard InChI is InChI=1S/C49H67N7O7S2/c1-48(2)39-30-37(64(11,59)60)19-21-42(39)53(25-13-27-55(5,6)7)44(48)23-17-34-15-12-16-35(46(34)52-41(47(57)58)29-36-32-50-33-51-36)18-24-45-49(3,4)40-31-38(65(61,62)63)20-22-43(40)54(45)26-14-28-56(8,9)10/h17-24,30-33,41H,12-16,25-29H2,1-11H3,(H-2,50,51,57,58,61,62,63)/p+2. The maximum absolute atomic E-state index is 13.0. The van der Waals surface area contributed by atoms with Gasteiger partial charge in [-0.05, 0) is 86.2 Å². The molecule has 14 nitrogen and oxygen atoms in total.